The molecule has 0 aromatic rings. The number of rotatable bonds is 11. The molecule has 1 saturated carbocycles. The summed E-state index contributed by atoms with van der Waals surface area (Å²) < 4.78 is 6.11. The molecule has 0 N–H and O–H groups in total. The highest BCUT2D eigenvalue weighted by molar-refractivity contribution is 14.1. The molecule has 216 valence electrons. The van der Waals surface area contributed by atoms with Crippen molar-refractivity contribution in [2.24, 2.45) is 38.9 Å². The number of Topliss-reactive ketones (excluding diaryl/α,β-unsaturated/α-hetero) is 1. The number of ether oxygens (including phenoxy) is 1. The van der Waals surface area contributed by atoms with E-state index in [9.17, 15) is 14.4 Å². The van der Waals surface area contributed by atoms with E-state index in [0.29, 0.717) is 0 Å². The van der Waals surface area contributed by atoms with E-state index in [1.54, 1.807) is 6.92 Å². The van der Waals surface area contributed by atoms with Crippen LogP contribution in [0.1, 0.15) is 121 Å². The summed E-state index contributed by atoms with van der Waals surface area (Å²) in [4.78, 5) is 38.6. The smallest absolute Gasteiger partial charge is 0.311 e. The molecule has 2 aliphatic carbocycles. The third-order valence-corrected chi connectivity index (χ3v) is 11.5. The van der Waals surface area contributed by atoms with Crippen molar-refractivity contribution in [3.63, 3.8) is 0 Å². The van der Waals surface area contributed by atoms with Gasteiger partial charge in [-0.25, -0.2) is 0 Å². The number of carbonyl (C=O) groups is 3. The zero-order chi connectivity index (χ0) is 29.3. The van der Waals surface area contributed by atoms with E-state index in [1.807, 2.05) is 6.08 Å². The Kier molecular flexibility index (Phi) is 10.4. The van der Waals surface area contributed by atoms with Gasteiger partial charge in [0.25, 0.3) is 0 Å². The van der Waals surface area contributed by atoms with Gasteiger partial charge in [-0.15, -0.1) is 0 Å². The van der Waals surface area contributed by atoms with Crippen molar-refractivity contribution < 1.29 is 19.1 Å². The maximum atomic E-state index is 13.1. The van der Waals surface area contributed by atoms with Crippen LogP contribution in [0.2, 0.25) is 0 Å². The van der Waals surface area contributed by atoms with Gasteiger partial charge in [0.15, 0.2) is 11.6 Å². The number of ketones is 2. The van der Waals surface area contributed by atoms with Crippen LogP contribution in [0.15, 0.2) is 21.3 Å². The van der Waals surface area contributed by atoms with Gasteiger partial charge in [0.1, 0.15) is 0 Å². The van der Waals surface area contributed by atoms with Gasteiger partial charge in [-0.1, -0.05) is 73.5 Å². The molecule has 38 heavy (non-hydrogen) atoms. The Morgan fingerprint density at radius 3 is 2.18 bits per heavy atom. The highest BCUT2D eigenvalue weighted by atomic mass is 127. The summed E-state index contributed by atoms with van der Waals surface area (Å²) in [5.41, 5.74) is -0.00308. The molecule has 0 unspecified atom stereocenters. The van der Waals surface area contributed by atoms with Crippen molar-refractivity contribution in [2.45, 2.75) is 121 Å². The predicted octanol–water partition coefficient (Wildman–Crippen LogP) is 9.05. The number of esters is 1. The SMILES string of the molecule is CCCC(C)(C)CC[C@@](C)(CCC(C)(C)[C@]1(C)CC[C@H]2[C@H](C)C(=O)C(I)=C[C@]2(C)/C1=C/C(C)=O)C(=O)OC. The summed E-state index contributed by atoms with van der Waals surface area (Å²) in [6.07, 6.45) is 11.5. The lowest BCUT2D eigenvalue weighted by atomic mass is 9.44. The number of halogens is 1. The van der Waals surface area contributed by atoms with E-state index in [4.69, 9.17) is 4.74 Å². The average Bonchev–Trinajstić information content (AvgIpc) is 2.81. The molecule has 0 heterocycles. The van der Waals surface area contributed by atoms with Crippen LogP contribution in [0.4, 0.5) is 0 Å². The maximum absolute atomic E-state index is 13.1. The van der Waals surface area contributed by atoms with Crippen molar-refractivity contribution in [3.05, 3.63) is 21.3 Å². The number of hydrogen-bond acceptors (Lipinski definition) is 4. The number of methoxy groups -OCH3 is 1. The first-order valence-electron chi connectivity index (χ1n) is 14.5. The number of allylic oxidation sites excluding steroid dienone is 4. The largest absolute Gasteiger partial charge is 0.469 e. The summed E-state index contributed by atoms with van der Waals surface area (Å²) >= 11 is 2.18. The first kappa shape index (κ1) is 33.2. The van der Waals surface area contributed by atoms with Crippen LogP contribution < -0.4 is 0 Å². The lowest BCUT2D eigenvalue weighted by molar-refractivity contribution is -0.153. The number of fused-ring (bicyclic) bond motifs is 1. The Bertz CT molecular complexity index is 989. The molecule has 0 aliphatic heterocycles. The molecule has 0 radical (unpaired) electrons. The molecular weight excluding hydrogens is 587 g/mol. The van der Waals surface area contributed by atoms with Gasteiger partial charge in [-0.05, 0) is 110 Å². The molecule has 0 amide bonds. The Hall–Kier alpha value is -0.980. The molecule has 0 aromatic carbocycles. The van der Waals surface area contributed by atoms with E-state index in [-0.39, 0.29) is 51.0 Å². The molecule has 1 fully saturated rings. The minimum atomic E-state index is -0.556. The van der Waals surface area contributed by atoms with Crippen LogP contribution in [-0.4, -0.2) is 24.6 Å². The number of carbonyl (C=O) groups excluding carboxylic acids is 3. The maximum Gasteiger partial charge on any atom is 0.311 e. The topological polar surface area (TPSA) is 60.4 Å². The first-order valence-corrected chi connectivity index (χ1v) is 15.6. The normalized spacial score (nSPS) is 30.9. The second-order valence-electron chi connectivity index (χ2n) is 14.4. The van der Waals surface area contributed by atoms with Crippen molar-refractivity contribution >= 4 is 40.1 Å². The molecule has 4 nitrogen and oxygen atoms in total. The first-order chi connectivity index (χ1) is 17.3. The summed E-state index contributed by atoms with van der Waals surface area (Å²) in [6, 6.07) is 0. The van der Waals surface area contributed by atoms with Crippen LogP contribution >= 0.6 is 22.6 Å². The molecule has 0 saturated heterocycles. The molecular formula is C33H53IO4. The molecule has 0 spiro atoms. The second-order valence-corrected chi connectivity index (χ2v) is 15.6. The Balaban J connectivity index is 2.46. The standard InChI is InChI=1S/C33H53IO4/c1-12-14-29(4,5)16-18-31(8,28(37)38-11)19-17-30(6,7)33(10)15-13-24-23(3)27(36)25(34)21-32(24,9)26(33)20-22(2)35/h20-21,23-24H,12-19H2,1-11H3/b26-20-/t23-,24-,31-,32-,33+/m0/s1. The Labute approximate surface area is 246 Å². The van der Waals surface area contributed by atoms with Crippen LogP contribution in [0.25, 0.3) is 0 Å². The zero-order valence-corrected chi connectivity index (χ0v) is 28.1. The quantitative estimate of drug-likeness (QED) is 0.128. The lowest BCUT2D eigenvalue weighted by Gasteiger charge is -2.59. The van der Waals surface area contributed by atoms with E-state index < -0.39 is 5.41 Å². The van der Waals surface area contributed by atoms with Gasteiger partial charge in [-0.2, -0.15) is 0 Å². The third kappa shape index (κ3) is 6.49. The third-order valence-electron chi connectivity index (χ3n) is 10.7. The van der Waals surface area contributed by atoms with Crippen molar-refractivity contribution in [1.29, 1.82) is 0 Å². The van der Waals surface area contributed by atoms with Gasteiger partial charge in [0.2, 0.25) is 0 Å². The molecule has 0 bridgehead atoms. The van der Waals surface area contributed by atoms with Crippen molar-refractivity contribution in [3.8, 4) is 0 Å². The summed E-state index contributed by atoms with van der Waals surface area (Å²) in [5.74, 6) is 0.267. The average molecular weight is 641 g/mol. The summed E-state index contributed by atoms with van der Waals surface area (Å²) in [7, 11) is 1.50. The minimum absolute atomic E-state index is 0.0504. The van der Waals surface area contributed by atoms with Crippen molar-refractivity contribution in [1.82, 2.24) is 0 Å². The fourth-order valence-corrected chi connectivity index (χ4v) is 8.58. The van der Waals surface area contributed by atoms with Crippen LogP contribution in [0.3, 0.4) is 0 Å². The van der Waals surface area contributed by atoms with E-state index >= 15 is 0 Å². The fourth-order valence-electron chi connectivity index (χ4n) is 7.44. The Morgan fingerprint density at radius 1 is 1.08 bits per heavy atom. The second kappa shape index (κ2) is 11.9. The van der Waals surface area contributed by atoms with E-state index in [2.05, 4.69) is 91.0 Å². The highest BCUT2D eigenvalue weighted by Gasteiger charge is 2.58. The van der Waals surface area contributed by atoms with Crippen molar-refractivity contribution in [2.75, 3.05) is 7.11 Å². The lowest BCUT2D eigenvalue weighted by Crippen LogP contribution is -2.52. The van der Waals surface area contributed by atoms with Gasteiger partial charge in [0, 0.05) is 11.3 Å². The van der Waals surface area contributed by atoms with Gasteiger partial charge >= 0.3 is 5.97 Å². The summed E-state index contributed by atoms with van der Waals surface area (Å²) in [5, 5.41) is 0. The van der Waals surface area contributed by atoms with Gasteiger partial charge in [-0.3, -0.25) is 14.4 Å². The molecule has 2 rings (SSSR count). The minimum Gasteiger partial charge on any atom is -0.469 e. The molecule has 0 aromatic heterocycles. The highest BCUT2D eigenvalue weighted by Crippen LogP contribution is 2.65. The van der Waals surface area contributed by atoms with E-state index in [1.165, 1.54) is 7.11 Å². The van der Waals surface area contributed by atoms with Crippen LogP contribution in [0.5, 0.6) is 0 Å². The molecule has 2 aliphatic rings. The van der Waals surface area contributed by atoms with Gasteiger partial charge in [0.05, 0.1) is 16.1 Å². The fraction of sp³-hybridized carbons (Fsp3) is 0.788. The van der Waals surface area contributed by atoms with E-state index in [0.717, 1.165) is 60.5 Å². The van der Waals surface area contributed by atoms with Crippen LogP contribution in [-0.2, 0) is 19.1 Å². The van der Waals surface area contributed by atoms with Gasteiger partial charge < -0.3 is 4.74 Å². The zero-order valence-electron chi connectivity index (χ0n) is 26.0. The monoisotopic (exact) mass is 640 g/mol. The molecule has 5 atom stereocenters. The van der Waals surface area contributed by atoms with Crippen LogP contribution in [0, 0.1) is 38.9 Å². The predicted molar refractivity (Wildman–Crippen MR) is 165 cm³/mol. The molecule has 5 heteroatoms. The number of hydrogen-bond donors (Lipinski definition) is 0. The summed E-state index contributed by atoms with van der Waals surface area (Å²) in [6.45, 7) is 21.7. The Morgan fingerprint density at radius 2 is 1.66 bits per heavy atom.